The maximum absolute atomic E-state index is 11.5. The Morgan fingerprint density at radius 1 is 1.59 bits per heavy atom. The van der Waals surface area contributed by atoms with Crippen molar-refractivity contribution < 1.29 is 4.79 Å². The van der Waals surface area contributed by atoms with Gasteiger partial charge in [0.15, 0.2) is 0 Å². The number of amides is 1. The molecule has 1 aromatic rings. The fourth-order valence-electron chi connectivity index (χ4n) is 2.63. The quantitative estimate of drug-likeness (QED) is 0.864. The predicted octanol–water partition coefficient (Wildman–Crippen LogP) is 1.75. The third-order valence-corrected chi connectivity index (χ3v) is 3.89. The topological polar surface area (TPSA) is 46.9 Å². The van der Waals surface area contributed by atoms with Gasteiger partial charge in [0, 0.05) is 36.8 Å². The van der Waals surface area contributed by atoms with Crippen molar-refractivity contribution in [3.05, 3.63) is 18.0 Å². The second-order valence-corrected chi connectivity index (χ2v) is 5.17. The average molecular weight is 235 g/mol. The first-order chi connectivity index (χ1) is 8.07. The number of carbonyl (C=O) groups is 1. The van der Waals surface area contributed by atoms with E-state index >= 15 is 0 Å². The third kappa shape index (κ3) is 2.21. The maximum Gasteiger partial charge on any atom is 0.220 e. The van der Waals surface area contributed by atoms with Gasteiger partial charge in [0.05, 0.1) is 0 Å². The maximum atomic E-state index is 11.5. The van der Waals surface area contributed by atoms with Crippen molar-refractivity contribution in [2.24, 2.45) is 5.92 Å². The molecule has 1 N–H and O–H groups in total. The van der Waals surface area contributed by atoms with Crippen LogP contribution < -0.4 is 5.32 Å². The van der Waals surface area contributed by atoms with E-state index in [-0.39, 0.29) is 11.4 Å². The third-order valence-electron chi connectivity index (χ3n) is 3.89. The van der Waals surface area contributed by atoms with Crippen LogP contribution in [0, 0.1) is 5.92 Å². The zero-order chi connectivity index (χ0) is 12.5. The zero-order valence-electron chi connectivity index (χ0n) is 10.9. The summed E-state index contributed by atoms with van der Waals surface area (Å²) in [6.07, 6.45) is 4.30. The van der Waals surface area contributed by atoms with Gasteiger partial charge in [0.25, 0.3) is 0 Å². The zero-order valence-corrected chi connectivity index (χ0v) is 10.9. The Balaban J connectivity index is 2.22. The molecule has 0 radical (unpaired) electrons. The van der Waals surface area contributed by atoms with E-state index < -0.39 is 0 Å². The van der Waals surface area contributed by atoms with E-state index in [1.807, 2.05) is 10.9 Å². The number of aryl methyl sites for hydroxylation is 1. The summed E-state index contributed by atoms with van der Waals surface area (Å²) in [5, 5.41) is 7.47. The first-order valence-corrected chi connectivity index (χ1v) is 6.39. The van der Waals surface area contributed by atoms with Gasteiger partial charge in [-0.2, -0.15) is 5.10 Å². The molecule has 1 saturated heterocycles. The molecule has 4 heteroatoms. The van der Waals surface area contributed by atoms with Crippen molar-refractivity contribution in [2.75, 3.05) is 0 Å². The van der Waals surface area contributed by atoms with Gasteiger partial charge in [-0.25, -0.2) is 0 Å². The van der Waals surface area contributed by atoms with Crippen molar-refractivity contribution in [1.29, 1.82) is 0 Å². The predicted molar refractivity (Wildman–Crippen MR) is 66.6 cm³/mol. The standard InChI is InChI=1S/C13H21N3O/c1-4-16-11(6-8-14-16)9-13(10(2)3)7-5-12(17)15-13/h6,8,10H,4-5,7,9H2,1-3H3,(H,15,17). The van der Waals surface area contributed by atoms with Crippen LogP contribution in [0.5, 0.6) is 0 Å². The second kappa shape index (κ2) is 4.51. The lowest BCUT2D eigenvalue weighted by Crippen LogP contribution is -2.48. The summed E-state index contributed by atoms with van der Waals surface area (Å²) >= 11 is 0. The van der Waals surface area contributed by atoms with Crippen LogP contribution in [0.25, 0.3) is 0 Å². The molecule has 1 aliphatic rings. The normalized spacial score (nSPS) is 24.4. The Bertz CT molecular complexity index is 411. The Morgan fingerprint density at radius 3 is 2.88 bits per heavy atom. The first-order valence-electron chi connectivity index (χ1n) is 6.39. The van der Waals surface area contributed by atoms with Gasteiger partial charge >= 0.3 is 0 Å². The molecule has 4 nitrogen and oxygen atoms in total. The molecule has 1 unspecified atom stereocenters. The van der Waals surface area contributed by atoms with E-state index in [0.29, 0.717) is 12.3 Å². The number of nitrogens with one attached hydrogen (secondary N) is 1. The van der Waals surface area contributed by atoms with E-state index in [0.717, 1.165) is 19.4 Å². The van der Waals surface area contributed by atoms with Crippen LogP contribution in [-0.2, 0) is 17.8 Å². The minimum Gasteiger partial charge on any atom is -0.350 e. The summed E-state index contributed by atoms with van der Waals surface area (Å²) in [5.41, 5.74) is 1.13. The molecule has 0 aliphatic carbocycles. The van der Waals surface area contributed by atoms with E-state index in [9.17, 15) is 4.79 Å². The number of nitrogens with zero attached hydrogens (tertiary/aromatic N) is 2. The van der Waals surface area contributed by atoms with E-state index in [2.05, 4.69) is 37.3 Å². The van der Waals surface area contributed by atoms with Crippen LogP contribution in [-0.4, -0.2) is 21.2 Å². The lowest BCUT2D eigenvalue weighted by atomic mass is 9.81. The number of aromatic nitrogens is 2. The molecular formula is C13H21N3O. The van der Waals surface area contributed by atoms with Gasteiger partial charge in [-0.3, -0.25) is 9.48 Å². The summed E-state index contributed by atoms with van der Waals surface area (Å²) in [6.45, 7) is 7.33. The highest BCUT2D eigenvalue weighted by Crippen LogP contribution is 2.31. The van der Waals surface area contributed by atoms with Gasteiger partial charge in [0.1, 0.15) is 0 Å². The summed E-state index contributed by atoms with van der Waals surface area (Å²) < 4.78 is 2.01. The molecule has 0 spiro atoms. The molecule has 1 atom stereocenters. The van der Waals surface area contributed by atoms with E-state index in [1.54, 1.807) is 0 Å². The van der Waals surface area contributed by atoms with Crippen LogP contribution in [0.15, 0.2) is 12.3 Å². The number of rotatable bonds is 4. The SMILES string of the molecule is CCn1nccc1CC1(C(C)C)CCC(=O)N1. The van der Waals surface area contributed by atoms with Crippen molar-refractivity contribution in [3.63, 3.8) is 0 Å². The molecule has 1 aromatic heterocycles. The lowest BCUT2D eigenvalue weighted by Gasteiger charge is -2.33. The number of hydrogen-bond acceptors (Lipinski definition) is 2. The minimum atomic E-state index is -0.0793. The lowest BCUT2D eigenvalue weighted by molar-refractivity contribution is -0.120. The largest absolute Gasteiger partial charge is 0.350 e. The van der Waals surface area contributed by atoms with Gasteiger partial charge < -0.3 is 5.32 Å². The second-order valence-electron chi connectivity index (χ2n) is 5.17. The van der Waals surface area contributed by atoms with Gasteiger partial charge in [-0.05, 0) is 25.3 Å². The van der Waals surface area contributed by atoms with Crippen molar-refractivity contribution >= 4 is 5.91 Å². The Morgan fingerprint density at radius 2 is 2.35 bits per heavy atom. The molecule has 0 saturated carbocycles. The molecule has 17 heavy (non-hydrogen) atoms. The number of hydrogen-bond donors (Lipinski definition) is 1. The smallest absolute Gasteiger partial charge is 0.220 e. The summed E-state index contributed by atoms with van der Waals surface area (Å²) in [4.78, 5) is 11.5. The Kier molecular flexibility index (Phi) is 3.22. The Labute approximate surface area is 102 Å². The monoisotopic (exact) mass is 235 g/mol. The molecule has 1 aliphatic heterocycles. The van der Waals surface area contributed by atoms with Crippen molar-refractivity contribution in [1.82, 2.24) is 15.1 Å². The fraction of sp³-hybridized carbons (Fsp3) is 0.692. The summed E-state index contributed by atoms with van der Waals surface area (Å²) in [6, 6.07) is 2.05. The van der Waals surface area contributed by atoms with Crippen LogP contribution in [0.4, 0.5) is 0 Å². The fourth-order valence-corrected chi connectivity index (χ4v) is 2.63. The van der Waals surface area contributed by atoms with Crippen LogP contribution >= 0.6 is 0 Å². The molecule has 0 bridgehead atoms. The summed E-state index contributed by atoms with van der Waals surface area (Å²) in [7, 11) is 0. The van der Waals surface area contributed by atoms with Gasteiger partial charge in [-0.1, -0.05) is 13.8 Å². The first kappa shape index (κ1) is 12.1. The van der Waals surface area contributed by atoms with Crippen LogP contribution in [0.1, 0.15) is 39.3 Å². The highest BCUT2D eigenvalue weighted by molar-refractivity contribution is 5.79. The Hall–Kier alpha value is -1.32. The highest BCUT2D eigenvalue weighted by Gasteiger charge is 2.40. The van der Waals surface area contributed by atoms with E-state index in [4.69, 9.17) is 0 Å². The molecule has 1 amide bonds. The summed E-state index contributed by atoms with van der Waals surface area (Å²) in [5.74, 6) is 0.621. The molecular weight excluding hydrogens is 214 g/mol. The average Bonchev–Trinajstić information content (AvgIpc) is 2.86. The van der Waals surface area contributed by atoms with Crippen LogP contribution in [0.3, 0.4) is 0 Å². The van der Waals surface area contributed by atoms with Gasteiger partial charge in [0.2, 0.25) is 5.91 Å². The molecule has 1 fully saturated rings. The van der Waals surface area contributed by atoms with Crippen LogP contribution in [0.2, 0.25) is 0 Å². The minimum absolute atomic E-state index is 0.0793. The highest BCUT2D eigenvalue weighted by atomic mass is 16.2. The van der Waals surface area contributed by atoms with Gasteiger partial charge in [-0.15, -0.1) is 0 Å². The molecule has 0 aromatic carbocycles. The van der Waals surface area contributed by atoms with Crippen molar-refractivity contribution in [3.8, 4) is 0 Å². The number of carbonyl (C=O) groups excluding carboxylic acids is 1. The molecule has 94 valence electrons. The molecule has 2 rings (SSSR count). The van der Waals surface area contributed by atoms with E-state index in [1.165, 1.54) is 5.69 Å². The molecule has 2 heterocycles. The van der Waals surface area contributed by atoms with Crippen molar-refractivity contribution in [2.45, 2.75) is 52.1 Å².